The summed E-state index contributed by atoms with van der Waals surface area (Å²) in [5.74, 6) is 0.873. The zero-order valence-electron chi connectivity index (χ0n) is 10.5. The molecule has 3 rings (SSSR count). The molecule has 1 aliphatic carbocycles. The maximum atomic E-state index is 4.50. The van der Waals surface area contributed by atoms with E-state index in [0.29, 0.717) is 0 Å². The van der Waals surface area contributed by atoms with Gasteiger partial charge in [0, 0.05) is 6.20 Å². The molecule has 0 saturated carbocycles. The van der Waals surface area contributed by atoms with Gasteiger partial charge in [-0.3, -0.25) is 4.57 Å². The number of allylic oxidation sites excluding steroid dienone is 2. The first-order valence-electron chi connectivity index (χ1n) is 6.35. The lowest BCUT2D eigenvalue weighted by Gasteiger charge is -2.15. The number of aryl methyl sites for hydroxylation is 1. The number of aromatic nitrogens is 4. The highest BCUT2D eigenvalue weighted by atomic mass is 15.2. The summed E-state index contributed by atoms with van der Waals surface area (Å²) < 4.78 is 1.83. The maximum Gasteiger partial charge on any atom is 0.139 e. The highest BCUT2D eigenvalue weighted by Gasteiger charge is 2.10. The van der Waals surface area contributed by atoms with Crippen molar-refractivity contribution in [3.8, 4) is 5.82 Å². The van der Waals surface area contributed by atoms with Gasteiger partial charge in [0.2, 0.25) is 0 Å². The molecule has 2 heterocycles. The van der Waals surface area contributed by atoms with E-state index in [2.05, 4.69) is 34.2 Å². The lowest BCUT2D eigenvalue weighted by molar-refractivity contribution is 0.741. The number of hydrogen-bond donors (Lipinski definition) is 0. The summed E-state index contributed by atoms with van der Waals surface area (Å²) in [7, 11) is 0. The second-order valence-electron chi connectivity index (χ2n) is 4.70. The average molecular weight is 240 g/mol. The van der Waals surface area contributed by atoms with Crippen LogP contribution in [0, 0.1) is 6.92 Å². The zero-order chi connectivity index (χ0) is 12.4. The van der Waals surface area contributed by atoms with Crippen molar-refractivity contribution in [1.29, 1.82) is 0 Å². The minimum atomic E-state index is 0.873. The first-order chi connectivity index (χ1) is 8.84. The van der Waals surface area contributed by atoms with Crippen molar-refractivity contribution in [1.82, 2.24) is 19.7 Å². The minimum absolute atomic E-state index is 0.873. The molecular formula is C14H16N4. The second kappa shape index (κ2) is 4.72. The molecule has 0 saturated heterocycles. The van der Waals surface area contributed by atoms with Crippen molar-refractivity contribution in [2.45, 2.75) is 32.6 Å². The van der Waals surface area contributed by atoms with Gasteiger partial charge in [0.05, 0.1) is 0 Å². The number of hydrogen-bond acceptors (Lipinski definition) is 3. The first kappa shape index (κ1) is 11.1. The van der Waals surface area contributed by atoms with Crippen LogP contribution in [0.5, 0.6) is 0 Å². The molecular weight excluding hydrogens is 224 g/mol. The van der Waals surface area contributed by atoms with Crippen LogP contribution < -0.4 is 0 Å². The Labute approximate surface area is 106 Å². The van der Waals surface area contributed by atoms with E-state index >= 15 is 0 Å². The molecule has 0 unspecified atom stereocenters. The molecule has 0 bridgehead atoms. The fourth-order valence-electron chi connectivity index (χ4n) is 2.42. The van der Waals surface area contributed by atoms with Crippen LogP contribution >= 0.6 is 0 Å². The van der Waals surface area contributed by atoms with E-state index in [0.717, 1.165) is 5.82 Å². The van der Waals surface area contributed by atoms with E-state index in [9.17, 15) is 0 Å². The van der Waals surface area contributed by atoms with Crippen LogP contribution in [-0.4, -0.2) is 19.7 Å². The normalized spacial score (nSPS) is 15.5. The van der Waals surface area contributed by atoms with E-state index < -0.39 is 0 Å². The predicted octanol–water partition coefficient (Wildman–Crippen LogP) is 2.93. The smallest absolute Gasteiger partial charge is 0.139 e. The molecule has 0 aromatic carbocycles. The summed E-state index contributed by atoms with van der Waals surface area (Å²) in [6.07, 6.45) is 12.6. The molecule has 0 amide bonds. The van der Waals surface area contributed by atoms with Gasteiger partial charge in [-0.05, 0) is 55.4 Å². The second-order valence-corrected chi connectivity index (χ2v) is 4.70. The summed E-state index contributed by atoms with van der Waals surface area (Å²) >= 11 is 0. The Kier molecular flexibility index (Phi) is 2.92. The van der Waals surface area contributed by atoms with Crippen LogP contribution in [0.25, 0.3) is 11.4 Å². The molecule has 1 aliphatic rings. The lowest BCUT2D eigenvalue weighted by atomic mass is 9.92. The average Bonchev–Trinajstić information content (AvgIpc) is 2.93. The molecule has 0 aliphatic heterocycles. The largest absolute Gasteiger partial charge is 0.272 e. The summed E-state index contributed by atoms with van der Waals surface area (Å²) in [5, 5.41) is 7.60. The van der Waals surface area contributed by atoms with Crippen LogP contribution in [0.1, 0.15) is 36.8 Å². The molecule has 4 nitrogen and oxygen atoms in total. The van der Waals surface area contributed by atoms with Gasteiger partial charge in [-0.1, -0.05) is 6.08 Å². The Balaban J connectivity index is 1.96. The zero-order valence-corrected chi connectivity index (χ0v) is 10.5. The summed E-state index contributed by atoms with van der Waals surface area (Å²) in [6.45, 7) is 2.14. The molecule has 2 aromatic rings. The highest BCUT2D eigenvalue weighted by Crippen LogP contribution is 2.28. The minimum Gasteiger partial charge on any atom is -0.272 e. The van der Waals surface area contributed by atoms with Crippen molar-refractivity contribution in [3.05, 3.63) is 42.1 Å². The van der Waals surface area contributed by atoms with Crippen LogP contribution in [-0.2, 0) is 0 Å². The van der Waals surface area contributed by atoms with Gasteiger partial charge < -0.3 is 0 Å². The van der Waals surface area contributed by atoms with E-state index in [-0.39, 0.29) is 0 Å². The fraction of sp³-hybridized carbons (Fsp3) is 0.357. The SMILES string of the molecule is Cc1cc(-n2cnnc2)ncc1C1=CCCCC1. The molecule has 2 aromatic heterocycles. The fourth-order valence-corrected chi connectivity index (χ4v) is 2.42. The lowest BCUT2D eigenvalue weighted by Crippen LogP contribution is -2.00. The van der Waals surface area contributed by atoms with Gasteiger partial charge in [0.1, 0.15) is 18.5 Å². The molecule has 0 fully saturated rings. The molecule has 0 radical (unpaired) electrons. The van der Waals surface area contributed by atoms with E-state index in [1.165, 1.54) is 42.4 Å². The predicted molar refractivity (Wildman–Crippen MR) is 70.3 cm³/mol. The van der Waals surface area contributed by atoms with Crippen molar-refractivity contribution in [3.63, 3.8) is 0 Å². The van der Waals surface area contributed by atoms with Crippen molar-refractivity contribution >= 4 is 5.57 Å². The maximum absolute atomic E-state index is 4.50. The van der Waals surface area contributed by atoms with Crippen molar-refractivity contribution < 1.29 is 0 Å². The molecule has 0 N–H and O–H groups in total. The standard InChI is InChI=1S/C14H16N4/c1-11-7-14(18-9-16-17-10-18)15-8-13(11)12-5-3-2-4-6-12/h5,7-10H,2-4,6H2,1H3. The number of nitrogens with zero attached hydrogens (tertiary/aromatic N) is 4. The highest BCUT2D eigenvalue weighted by molar-refractivity contribution is 5.68. The molecule has 0 spiro atoms. The van der Waals surface area contributed by atoms with E-state index in [4.69, 9.17) is 0 Å². The van der Waals surface area contributed by atoms with E-state index in [1.54, 1.807) is 12.7 Å². The van der Waals surface area contributed by atoms with Gasteiger partial charge in [0.15, 0.2) is 0 Å². The summed E-state index contributed by atoms with van der Waals surface area (Å²) in [4.78, 5) is 4.50. The third-order valence-corrected chi connectivity index (χ3v) is 3.42. The van der Waals surface area contributed by atoms with E-state index in [1.807, 2.05) is 10.8 Å². The third-order valence-electron chi connectivity index (χ3n) is 3.42. The topological polar surface area (TPSA) is 43.6 Å². The van der Waals surface area contributed by atoms with Gasteiger partial charge in [-0.2, -0.15) is 0 Å². The molecule has 4 heteroatoms. The Hall–Kier alpha value is -1.97. The molecule has 18 heavy (non-hydrogen) atoms. The Morgan fingerprint density at radius 3 is 2.67 bits per heavy atom. The van der Waals surface area contributed by atoms with Gasteiger partial charge in [-0.25, -0.2) is 4.98 Å². The van der Waals surface area contributed by atoms with Crippen LogP contribution in [0.15, 0.2) is 31.0 Å². The van der Waals surface area contributed by atoms with Crippen LogP contribution in [0.3, 0.4) is 0 Å². The summed E-state index contributed by atoms with van der Waals surface area (Å²) in [6, 6.07) is 2.09. The number of rotatable bonds is 2. The third kappa shape index (κ3) is 2.06. The molecule has 92 valence electrons. The quantitative estimate of drug-likeness (QED) is 0.810. The van der Waals surface area contributed by atoms with Gasteiger partial charge >= 0.3 is 0 Å². The number of pyridine rings is 1. The van der Waals surface area contributed by atoms with Gasteiger partial charge in [-0.15, -0.1) is 10.2 Å². The van der Waals surface area contributed by atoms with Crippen molar-refractivity contribution in [2.75, 3.05) is 0 Å². The van der Waals surface area contributed by atoms with Crippen LogP contribution in [0.4, 0.5) is 0 Å². The monoisotopic (exact) mass is 240 g/mol. The molecule has 0 atom stereocenters. The van der Waals surface area contributed by atoms with Crippen LogP contribution in [0.2, 0.25) is 0 Å². The Morgan fingerprint density at radius 2 is 2.00 bits per heavy atom. The van der Waals surface area contributed by atoms with Crippen molar-refractivity contribution in [2.24, 2.45) is 0 Å². The summed E-state index contributed by atoms with van der Waals surface area (Å²) in [5.41, 5.74) is 4.00. The first-order valence-corrected chi connectivity index (χ1v) is 6.35. The van der Waals surface area contributed by atoms with Gasteiger partial charge in [0.25, 0.3) is 0 Å². The Morgan fingerprint density at radius 1 is 1.17 bits per heavy atom. The Bertz CT molecular complexity index is 569.